The van der Waals surface area contributed by atoms with Gasteiger partial charge >= 0.3 is 0 Å². The lowest BCUT2D eigenvalue weighted by atomic mass is 10.0. The molecule has 0 bridgehead atoms. The summed E-state index contributed by atoms with van der Waals surface area (Å²) in [4.78, 5) is 9.63. The molecule has 112 valence electrons. The van der Waals surface area contributed by atoms with Crippen LogP contribution in [-0.4, -0.2) is 16.5 Å². The molecule has 2 aromatic rings. The monoisotopic (exact) mass is 302 g/mol. The first kappa shape index (κ1) is 15.6. The Balaban J connectivity index is 2.12. The van der Waals surface area contributed by atoms with Crippen LogP contribution in [0.3, 0.4) is 0 Å². The van der Waals surface area contributed by atoms with Crippen LogP contribution in [0.25, 0.3) is 0 Å². The average molecular weight is 302 g/mol. The maximum absolute atomic E-state index is 5.77. The van der Waals surface area contributed by atoms with Gasteiger partial charge in [-0.2, -0.15) is 4.98 Å². The molecule has 4 nitrogen and oxygen atoms in total. The Bertz CT molecular complexity index is 581. The minimum Gasteiger partial charge on any atom is -0.370 e. The number of aromatic nitrogens is 2. The van der Waals surface area contributed by atoms with E-state index in [-0.39, 0.29) is 0 Å². The second-order valence-corrected chi connectivity index (χ2v) is 6.30. The minimum atomic E-state index is 0.303. The van der Waals surface area contributed by atoms with Crippen molar-refractivity contribution >= 4 is 23.5 Å². The summed E-state index contributed by atoms with van der Waals surface area (Å²) < 4.78 is 0. The highest BCUT2D eigenvalue weighted by atomic mass is 32.2. The standard InChI is InChI=1S/C16H22N4S/c1-4-9-18-14-10-15(20-16(17)19-14)21-13-7-5-12(6-8-13)11(2)3/h5-8,10-11H,4,9H2,1-3H3,(H3,17,18,19,20). The summed E-state index contributed by atoms with van der Waals surface area (Å²) in [6.45, 7) is 7.38. The molecule has 0 amide bonds. The number of hydrogen-bond acceptors (Lipinski definition) is 5. The van der Waals surface area contributed by atoms with Crippen LogP contribution in [0.5, 0.6) is 0 Å². The van der Waals surface area contributed by atoms with Crippen molar-refractivity contribution in [1.82, 2.24) is 9.97 Å². The summed E-state index contributed by atoms with van der Waals surface area (Å²) in [6.07, 6.45) is 1.04. The first-order chi connectivity index (χ1) is 10.1. The molecule has 0 aliphatic heterocycles. The molecule has 0 saturated carbocycles. The SMILES string of the molecule is CCCNc1cc(Sc2ccc(C(C)C)cc2)nc(N)n1. The number of hydrogen-bond donors (Lipinski definition) is 2. The van der Waals surface area contributed by atoms with E-state index in [0.29, 0.717) is 11.9 Å². The molecule has 0 spiro atoms. The van der Waals surface area contributed by atoms with Crippen molar-refractivity contribution in [3.8, 4) is 0 Å². The fourth-order valence-electron chi connectivity index (χ4n) is 1.88. The number of nitrogens with one attached hydrogen (secondary N) is 1. The quantitative estimate of drug-likeness (QED) is 0.785. The zero-order valence-electron chi connectivity index (χ0n) is 12.8. The molecule has 0 fully saturated rings. The van der Waals surface area contributed by atoms with Crippen LogP contribution in [0, 0.1) is 0 Å². The van der Waals surface area contributed by atoms with Gasteiger partial charge in [0.25, 0.3) is 0 Å². The second kappa shape index (κ2) is 7.31. The summed E-state index contributed by atoms with van der Waals surface area (Å²) in [7, 11) is 0. The number of anilines is 2. The van der Waals surface area contributed by atoms with Crippen LogP contribution in [0.2, 0.25) is 0 Å². The summed E-state index contributed by atoms with van der Waals surface area (Å²) >= 11 is 1.60. The Morgan fingerprint density at radius 3 is 2.52 bits per heavy atom. The molecule has 0 unspecified atom stereocenters. The first-order valence-electron chi connectivity index (χ1n) is 7.24. The lowest BCUT2D eigenvalue weighted by Gasteiger charge is -2.08. The molecule has 0 aliphatic carbocycles. The van der Waals surface area contributed by atoms with Crippen LogP contribution in [0.4, 0.5) is 11.8 Å². The molecular weight excluding hydrogens is 280 g/mol. The molecule has 3 N–H and O–H groups in total. The molecule has 1 aromatic heterocycles. The highest BCUT2D eigenvalue weighted by molar-refractivity contribution is 7.99. The molecule has 0 aliphatic rings. The zero-order chi connectivity index (χ0) is 15.2. The Morgan fingerprint density at radius 2 is 1.90 bits per heavy atom. The van der Waals surface area contributed by atoms with E-state index >= 15 is 0 Å². The first-order valence-corrected chi connectivity index (χ1v) is 8.06. The molecule has 2 rings (SSSR count). The second-order valence-electron chi connectivity index (χ2n) is 5.20. The van der Waals surface area contributed by atoms with Crippen LogP contribution in [-0.2, 0) is 0 Å². The third-order valence-electron chi connectivity index (χ3n) is 3.05. The van der Waals surface area contributed by atoms with Crippen molar-refractivity contribution in [3.63, 3.8) is 0 Å². The number of rotatable bonds is 6. The largest absolute Gasteiger partial charge is 0.370 e. The lowest BCUT2D eigenvalue weighted by molar-refractivity contribution is 0.865. The van der Waals surface area contributed by atoms with Crippen LogP contribution < -0.4 is 11.1 Å². The van der Waals surface area contributed by atoms with Gasteiger partial charge in [-0.3, -0.25) is 0 Å². The van der Waals surface area contributed by atoms with Gasteiger partial charge in [0.05, 0.1) is 0 Å². The van der Waals surface area contributed by atoms with Crippen molar-refractivity contribution < 1.29 is 0 Å². The van der Waals surface area contributed by atoms with Crippen LogP contribution in [0.1, 0.15) is 38.7 Å². The van der Waals surface area contributed by atoms with E-state index in [2.05, 4.69) is 60.3 Å². The fraction of sp³-hybridized carbons (Fsp3) is 0.375. The van der Waals surface area contributed by atoms with Crippen molar-refractivity contribution in [2.75, 3.05) is 17.6 Å². The maximum atomic E-state index is 5.77. The topological polar surface area (TPSA) is 63.8 Å². The van der Waals surface area contributed by atoms with Gasteiger partial charge in [-0.1, -0.05) is 44.7 Å². The highest BCUT2D eigenvalue weighted by Gasteiger charge is 2.05. The van der Waals surface area contributed by atoms with Gasteiger partial charge in [-0.15, -0.1) is 0 Å². The van der Waals surface area contributed by atoms with Gasteiger partial charge in [-0.25, -0.2) is 4.98 Å². The van der Waals surface area contributed by atoms with Crippen molar-refractivity contribution in [3.05, 3.63) is 35.9 Å². The van der Waals surface area contributed by atoms with Gasteiger partial charge in [0.2, 0.25) is 5.95 Å². The Labute approximate surface area is 130 Å². The normalized spacial score (nSPS) is 10.9. The minimum absolute atomic E-state index is 0.303. The molecule has 21 heavy (non-hydrogen) atoms. The van der Waals surface area contributed by atoms with Crippen LogP contribution >= 0.6 is 11.8 Å². The number of benzene rings is 1. The van der Waals surface area contributed by atoms with E-state index in [9.17, 15) is 0 Å². The van der Waals surface area contributed by atoms with Gasteiger partial charge in [0.15, 0.2) is 0 Å². The van der Waals surface area contributed by atoms with Gasteiger partial charge < -0.3 is 11.1 Å². The third kappa shape index (κ3) is 4.63. The highest BCUT2D eigenvalue weighted by Crippen LogP contribution is 2.29. The maximum Gasteiger partial charge on any atom is 0.223 e. The molecule has 0 atom stereocenters. The van der Waals surface area contributed by atoms with E-state index in [1.807, 2.05) is 6.07 Å². The summed E-state index contributed by atoms with van der Waals surface area (Å²) in [5.41, 5.74) is 7.11. The fourth-order valence-corrected chi connectivity index (χ4v) is 2.70. The molecule has 1 heterocycles. The third-order valence-corrected chi connectivity index (χ3v) is 3.97. The Kier molecular flexibility index (Phi) is 5.44. The van der Waals surface area contributed by atoms with E-state index in [0.717, 1.165) is 28.7 Å². The predicted octanol–water partition coefficient (Wildman–Crippen LogP) is 4.16. The molecule has 0 radical (unpaired) electrons. The van der Waals surface area contributed by atoms with Gasteiger partial charge in [-0.05, 0) is 30.0 Å². The summed E-state index contributed by atoms with van der Waals surface area (Å²) in [5.74, 6) is 1.63. The average Bonchev–Trinajstić information content (AvgIpc) is 2.45. The van der Waals surface area contributed by atoms with Crippen molar-refractivity contribution in [1.29, 1.82) is 0 Å². The number of nitrogens with zero attached hydrogens (tertiary/aromatic N) is 2. The summed E-state index contributed by atoms with van der Waals surface area (Å²) in [6, 6.07) is 10.5. The summed E-state index contributed by atoms with van der Waals surface area (Å²) in [5, 5.41) is 4.10. The Morgan fingerprint density at radius 1 is 1.19 bits per heavy atom. The van der Waals surface area contributed by atoms with E-state index < -0.39 is 0 Å². The van der Waals surface area contributed by atoms with Crippen LogP contribution in [0.15, 0.2) is 40.3 Å². The van der Waals surface area contributed by atoms with Gasteiger partial charge in [0, 0.05) is 17.5 Å². The molecule has 1 aromatic carbocycles. The van der Waals surface area contributed by atoms with Gasteiger partial charge in [0.1, 0.15) is 10.8 Å². The van der Waals surface area contributed by atoms with E-state index in [1.165, 1.54) is 5.56 Å². The van der Waals surface area contributed by atoms with E-state index in [1.54, 1.807) is 11.8 Å². The lowest BCUT2D eigenvalue weighted by Crippen LogP contribution is -2.05. The van der Waals surface area contributed by atoms with E-state index in [4.69, 9.17) is 5.73 Å². The molecule has 5 heteroatoms. The number of nitrogen functional groups attached to an aromatic ring is 1. The van der Waals surface area contributed by atoms with Crippen molar-refractivity contribution in [2.24, 2.45) is 0 Å². The Hall–Kier alpha value is -1.75. The predicted molar refractivity (Wildman–Crippen MR) is 89.9 cm³/mol. The molecule has 0 saturated heterocycles. The number of nitrogens with two attached hydrogens (primary N) is 1. The zero-order valence-corrected chi connectivity index (χ0v) is 13.6. The molecular formula is C16H22N4S. The smallest absolute Gasteiger partial charge is 0.223 e. The van der Waals surface area contributed by atoms with Crippen molar-refractivity contribution in [2.45, 2.75) is 43.0 Å².